The molecule has 186 valence electrons. The fourth-order valence-corrected chi connectivity index (χ4v) is 4.98. The number of carbonyl (C=O) groups is 1. The van der Waals surface area contributed by atoms with Crippen LogP contribution in [0, 0.1) is 20.8 Å². The van der Waals surface area contributed by atoms with E-state index in [9.17, 15) is 4.79 Å². The van der Waals surface area contributed by atoms with Gasteiger partial charge in [0.05, 0.1) is 5.75 Å². The van der Waals surface area contributed by atoms with Crippen molar-refractivity contribution in [2.45, 2.75) is 32.3 Å². The van der Waals surface area contributed by atoms with Gasteiger partial charge >= 0.3 is 0 Å². The van der Waals surface area contributed by atoms with Gasteiger partial charge < -0.3 is 5.32 Å². The molecule has 1 fully saturated rings. The molecule has 0 saturated carbocycles. The van der Waals surface area contributed by atoms with Gasteiger partial charge in [0.15, 0.2) is 0 Å². The lowest BCUT2D eigenvalue weighted by Gasteiger charge is -2.34. The van der Waals surface area contributed by atoms with E-state index in [1.807, 2.05) is 13.0 Å². The van der Waals surface area contributed by atoms with Crippen LogP contribution in [0.15, 0.2) is 42.1 Å². The second-order valence-corrected chi connectivity index (χ2v) is 10.0. The Kier molecular flexibility index (Phi) is 8.54. The van der Waals surface area contributed by atoms with Crippen LogP contribution in [-0.2, 0) is 11.2 Å². The quantitative estimate of drug-likeness (QED) is 0.344. The highest BCUT2D eigenvalue weighted by atomic mass is 32.2. The number of hydrogen-bond donors (Lipinski definition) is 1. The molecule has 9 heteroatoms. The number of benzene rings is 1. The molecule has 0 spiro atoms. The molecule has 1 saturated heterocycles. The van der Waals surface area contributed by atoms with Crippen LogP contribution in [0.3, 0.4) is 0 Å². The van der Waals surface area contributed by atoms with Crippen molar-refractivity contribution in [3.63, 3.8) is 0 Å². The summed E-state index contributed by atoms with van der Waals surface area (Å²) >= 11 is 1.35. The van der Waals surface area contributed by atoms with Crippen LogP contribution in [-0.4, -0.2) is 86.9 Å². The highest BCUT2D eigenvalue weighted by molar-refractivity contribution is 7.99. The zero-order valence-corrected chi connectivity index (χ0v) is 21.8. The van der Waals surface area contributed by atoms with Crippen LogP contribution in [0.5, 0.6) is 0 Å². The SMILES string of the molecule is C=CCN1CCN(CCNC(=O)CSc2nc3nc(C)c(Cc4ccc(C)cc4)c(C)n3n2)CC1. The Morgan fingerprint density at radius 2 is 1.80 bits per heavy atom. The number of amides is 1. The first-order valence-electron chi connectivity index (χ1n) is 12.2. The summed E-state index contributed by atoms with van der Waals surface area (Å²) in [5.74, 6) is 0.865. The van der Waals surface area contributed by atoms with Gasteiger partial charge in [0.1, 0.15) is 0 Å². The monoisotopic (exact) mass is 493 g/mol. The van der Waals surface area contributed by atoms with E-state index in [1.54, 1.807) is 4.52 Å². The molecule has 0 atom stereocenters. The summed E-state index contributed by atoms with van der Waals surface area (Å²) in [5.41, 5.74) is 5.64. The molecule has 0 radical (unpaired) electrons. The van der Waals surface area contributed by atoms with Crippen LogP contribution in [0.2, 0.25) is 0 Å². The summed E-state index contributed by atoms with van der Waals surface area (Å²) in [6.45, 7) is 16.6. The fourth-order valence-electron chi connectivity index (χ4n) is 4.33. The largest absolute Gasteiger partial charge is 0.354 e. The molecule has 35 heavy (non-hydrogen) atoms. The van der Waals surface area contributed by atoms with E-state index < -0.39 is 0 Å². The number of aryl methyl sites for hydroxylation is 3. The molecule has 2 aromatic heterocycles. The van der Waals surface area contributed by atoms with Crippen LogP contribution in [0.1, 0.15) is 28.1 Å². The number of thioether (sulfide) groups is 1. The molecule has 0 bridgehead atoms. The molecule has 3 heterocycles. The Bertz CT molecular complexity index is 1170. The predicted octanol–water partition coefficient (Wildman–Crippen LogP) is 2.65. The number of fused-ring (bicyclic) bond motifs is 1. The Balaban J connectivity index is 1.28. The molecule has 8 nitrogen and oxygen atoms in total. The van der Waals surface area contributed by atoms with Gasteiger partial charge in [-0.3, -0.25) is 14.6 Å². The molecular weight excluding hydrogens is 458 g/mol. The number of nitrogens with zero attached hydrogens (tertiary/aromatic N) is 6. The van der Waals surface area contributed by atoms with Gasteiger partial charge in [-0.05, 0) is 31.9 Å². The minimum absolute atomic E-state index is 0.0000659. The minimum Gasteiger partial charge on any atom is -0.354 e. The maximum atomic E-state index is 12.4. The Morgan fingerprint density at radius 3 is 2.51 bits per heavy atom. The van der Waals surface area contributed by atoms with Gasteiger partial charge in [-0.2, -0.15) is 4.98 Å². The third-order valence-corrected chi connectivity index (χ3v) is 7.30. The molecule has 1 aromatic carbocycles. The summed E-state index contributed by atoms with van der Waals surface area (Å²) in [5, 5.41) is 8.22. The third-order valence-electron chi connectivity index (χ3n) is 6.47. The van der Waals surface area contributed by atoms with Crippen molar-refractivity contribution in [1.82, 2.24) is 34.7 Å². The fraction of sp³-hybridized carbons (Fsp3) is 0.462. The second-order valence-electron chi connectivity index (χ2n) is 9.10. The van der Waals surface area contributed by atoms with Crippen LogP contribution >= 0.6 is 11.8 Å². The number of rotatable bonds is 10. The average molecular weight is 494 g/mol. The lowest BCUT2D eigenvalue weighted by Crippen LogP contribution is -2.48. The maximum absolute atomic E-state index is 12.4. The average Bonchev–Trinajstić information content (AvgIpc) is 3.26. The lowest BCUT2D eigenvalue weighted by molar-refractivity contribution is -0.118. The lowest BCUT2D eigenvalue weighted by atomic mass is 10.0. The van der Waals surface area contributed by atoms with Gasteiger partial charge in [-0.25, -0.2) is 9.50 Å². The molecule has 4 rings (SSSR count). The van der Waals surface area contributed by atoms with E-state index in [-0.39, 0.29) is 11.7 Å². The summed E-state index contributed by atoms with van der Waals surface area (Å²) < 4.78 is 1.79. The number of nitrogens with one attached hydrogen (secondary N) is 1. The van der Waals surface area contributed by atoms with Crippen molar-refractivity contribution < 1.29 is 4.79 Å². The number of piperazine rings is 1. The standard InChI is InChI=1S/C26H35N7OS/c1-5-11-31-13-15-32(16-14-31)12-10-27-24(34)18-35-26-29-25-28-20(3)23(21(4)33(25)30-26)17-22-8-6-19(2)7-9-22/h5-9H,1,10-18H2,2-4H3,(H,27,34). The molecule has 0 aliphatic carbocycles. The van der Waals surface area contributed by atoms with E-state index >= 15 is 0 Å². The highest BCUT2D eigenvalue weighted by Gasteiger charge is 2.17. The van der Waals surface area contributed by atoms with Crippen molar-refractivity contribution >= 4 is 23.4 Å². The van der Waals surface area contributed by atoms with Crippen molar-refractivity contribution in [3.8, 4) is 0 Å². The zero-order chi connectivity index (χ0) is 24.8. The first-order chi connectivity index (χ1) is 16.9. The summed E-state index contributed by atoms with van der Waals surface area (Å²) in [4.78, 5) is 26.4. The minimum atomic E-state index is 0.0000659. The predicted molar refractivity (Wildman–Crippen MR) is 141 cm³/mol. The van der Waals surface area contributed by atoms with E-state index in [1.165, 1.54) is 22.9 Å². The van der Waals surface area contributed by atoms with Crippen LogP contribution < -0.4 is 5.32 Å². The van der Waals surface area contributed by atoms with Gasteiger partial charge in [0.25, 0.3) is 5.78 Å². The second kappa shape index (κ2) is 11.8. The maximum Gasteiger partial charge on any atom is 0.253 e. The number of aromatic nitrogens is 4. The Labute approximate surface area is 211 Å². The topological polar surface area (TPSA) is 78.7 Å². The molecule has 3 aromatic rings. The molecule has 1 aliphatic heterocycles. The zero-order valence-electron chi connectivity index (χ0n) is 21.0. The smallest absolute Gasteiger partial charge is 0.253 e. The molecule has 0 unspecified atom stereocenters. The molecule has 1 N–H and O–H groups in total. The van der Waals surface area contributed by atoms with E-state index in [2.05, 4.69) is 74.9 Å². The van der Waals surface area contributed by atoms with Crippen molar-refractivity contribution in [2.75, 3.05) is 51.6 Å². The van der Waals surface area contributed by atoms with E-state index in [0.29, 0.717) is 17.5 Å². The van der Waals surface area contributed by atoms with Gasteiger partial charge in [0, 0.05) is 63.6 Å². The highest BCUT2D eigenvalue weighted by Crippen LogP contribution is 2.21. The molecular formula is C26H35N7OS. The van der Waals surface area contributed by atoms with Crippen LogP contribution in [0.25, 0.3) is 5.78 Å². The summed E-state index contributed by atoms with van der Waals surface area (Å²) in [6, 6.07) is 8.57. The first kappa shape index (κ1) is 25.3. The third kappa shape index (κ3) is 6.68. The van der Waals surface area contributed by atoms with Crippen molar-refractivity contribution in [2.24, 2.45) is 0 Å². The first-order valence-corrected chi connectivity index (χ1v) is 13.1. The van der Waals surface area contributed by atoms with Gasteiger partial charge in [-0.1, -0.05) is 47.7 Å². The number of hydrogen-bond acceptors (Lipinski definition) is 7. The van der Waals surface area contributed by atoms with Crippen molar-refractivity contribution in [3.05, 3.63) is 65.0 Å². The van der Waals surface area contributed by atoms with Crippen LogP contribution in [0.4, 0.5) is 0 Å². The Hall–Kier alpha value is -2.75. The molecule has 1 aliphatic rings. The molecule has 1 amide bonds. The van der Waals surface area contributed by atoms with E-state index in [0.717, 1.165) is 62.6 Å². The Morgan fingerprint density at radius 1 is 1.09 bits per heavy atom. The number of carbonyl (C=O) groups excluding carboxylic acids is 1. The van der Waals surface area contributed by atoms with Gasteiger partial charge in [-0.15, -0.1) is 11.7 Å². The van der Waals surface area contributed by atoms with Gasteiger partial charge in [0.2, 0.25) is 11.1 Å². The summed E-state index contributed by atoms with van der Waals surface area (Å²) in [7, 11) is 0. The van der Waals surface area contributed by atoms with Crippen molar-refractivity contribution in [1.29, 1.82) is 0 Å². The summed E-state index contributed by atoms with van der Waals surface area (Å²) in [6.07, 6.45) is 2.75. The van der Waals surface area contributed by atoms with E-state index in [4.69, 9.17) is 0 Å². The normalized spacial score (nSPS) is 14.9.